The molecule has 6 nitrogen and oxygen atoms in total. The minimum Gasteiger partial charge on any atom is -0.497 e. The van der Waals surface area contributed by atoms with Crippen molar-refractivity contribution in [1.29, 1.82) is 0 Å². The summed E-state index contributed by atoms with van der Waals surface area (Å²) in [6, 6.07) is 18.2. The van der Waals surface area contributed by atoms with Crippen molar-refractivity contribution in [1.82, 2.24) is 15.3 Å². The number of aliphatic hydroxyl groups excluding tert-OH is 1. The molecule has 0 saturated heterocycles. The average molecular weight is 553 g/mol. The predicted molar refractivity (Wildman–Crippen MR) is 148 cm³/mol. The van der Waals surface area contributed by atoms with E-state index in [4.69, 9.17) is 14.6 Å². The van der Waals surface area contributed by atoms with Gasteiger partial charge in [0.25, 0.3) is 0 Å². The third kappa shape index (κ3) is 6.27. The summed E-state index contributed by atoms with van der Waals surface area (Å²) in [7, 11) is 1.71. The molecule has 0 radical (unpaired) electrons. The van der Waals surface area contributed by atoms with Gasteiger partial charge in [0.2, 0.25) is 0 Å². The first kappa shape index (κ1) is 26.2. The Morgan fingerprint density at radius 2 is 2.00 bits per heavy atom. The van der Waals surface area contributed by atoms with Gasteiger partial charge in [0.05, 0.1) is 18.8 Å². The monoisotopic (exact) mass is 551 g/mol. The lowest BCUT2D eigenvalue weighted by molar-refractivity contribution is 0.284. The van der Waals surface area contributed by atoms with Crippen molar-refractivity contribution in [3.8, 4) is 11.5 Å². The molecule has 0 bridgehead atoms. The highest BCUT2D eigenvalue weighted by atomic mass is 79.9. The number of nitrogens with zero attached hydrogens (tertiary/aromatic N) is 1. The first-order chi connectivity index (χ1) is 17.6. The van der Waals surface area contributed by atoms with E-state index in [0.717, 1.165) is 58.6 Å². The fourth-order valence-electron chi connectivity index (χ4n) is 4.47. The molecule has 1 aliphatic heterocycles. The Morgan fingerprint density at radius 3 is 2.72 bits per heavy atom. The molecule has 2 aromatic heterocycles. The number of aromatic amines is 1. The zero-order chi connectivity index (χ0) is 25.3. The fraction of sp³-hybridized carbons (Fsp3) is 0.345. The number of halogens is 1. The number of aliphatic hydroxyl groups is 1. The van der Waals surface area contributed by atoms with Crippen molar-refractivity contribution in [3.63, 3.8) is 0 Å². The number of unbranched alkanes of at least 4 members (excludes halogenated alkanes) is 2. The van der Waals surface area contributed by atoms with Gasteiger partial charge < -0.3 is 24.9 Å². The molecule has 0 aliphatic carbocycles. The van der Waals surface area contributed by atoms with E-state index in [-0.39, 0.29) is 6.04 Å². The van der Waals surface area contributed by atoms with Crippen LogP contribution in [0.2, 0.25) is 0 Å². The summed E-state index contributed by atoms with van der Waals surface area (Å²) in [5, 5.41) is 13.1. The molecule has 0 amide bonds. The molecule has 3 heterocycles. The zero-order valence-electron chi connectivity index (χ0n) is 20.9. The van der Waals surface area contributed by atoms with E-state index in [0.29, 0.717) is 13.2 Å². The molecule has 5 rings (SSSR count). The van der Waals surface area contributed by atoms with Gasteiger partial charge in [0, 0.05) is 46.0 Å². The highest BCUT2D eigenvalue weighted by Gasteiger charge is 2.28. The lowest BCUT2D eigenvalue weighted by Gasteiger charge is -2.26. The standard InChI is InChI=1S/C24H22BrN3O2.C5H12O/c1-29-17-6-7-21-19(13-17)18-9-11-27-23(24(18)28-21)20-12-15(25)5-8-22(20)30-14-16-4-2-3-10-26-16;1-2-3-4-5-6/h2-8,10,12-13,23,27-28H,9,11,14H2,1H3;6H,2-5H2,1H3. The smallest absolute Gasteiger partial charge is 0.130 e. The molecule has 0 saturated carbocycles. The molecular formula is C29H34BrN3O3. The van der Waals surface area contributed by atoms with Crippen molar-refractivity contribution < 1.29 is 14.6 Å². The summed E-state index contributed by atoms with van der Waals surface area (Å²) < 4.78 is 12.7. The van der Waals surface area contributed by atoms with Crippen LogP contribution >= 0.6 is 15.9 Å². The van der Waals surface area contributed by atoms with Gasteiger partial charge in [-0.1, -0.05) is 41.8 Å². The average Bonchev–Trinajstić information content (AvgIpc) is 3.30. The van der Waals surface area contributed by atoms with Crippen LogP contribution in [0, 0.1) is 0 Å². The zero-order valence-corrected chi connectivity index (χ0v) is 22.5. The second kappa shape index (κ2) is 12.9. The topological polar surface area (TPSA) is 79.4 Å². The van der Waals surface area contributed by atoms with Crippen molar-refractivity contribution in [2.75, 3.05) is 20.3 Å². The highest BCUT2D eigenvalue weighted by molar-refractivity contribution is 9.10. The molecular weight excluding hydrogens is 518 g/mol. The fourth-order valence-corrected chi connectivity index (χ4v) is 4.85. The summed E-state index contributed by atoms with van der Waals surface area (Å²) in [6.45, 7) is 3.80. The van der Waals surface area contributed by atoms with Gasteiger partial charge >= 0.3 is 0 Å². The summed E-state index contributed by atoms with van der Waals surface area (Å²) in [5.41, 5.74) is 5.65. The van der Waals surface area contributed by atoms with Crippen LogP contribution < -0.4 is 14.8 Å². The maximum absolute atomic E-state index is 8.20. The molecule has 0 fully saturated rings. The van der Waals surface area contributed by atoms with E-state index in [2.05, 4.69) is 56.3 Å². The normalized spacial score (nSPS) is 14.6. The number of hydrogen-bond acceptors (Lipinski definition) is 5. The lowest BCUT2D eigenvalue weighted by Crippen LogP contribution is -2.30. The minimum absolute atomic E-state index is 0.0170. The predicted octanol–water partition coefficient (Wildman–Crippen LogP) is 6.32. The van der Waals surface area contributed by atoms with Crippen molar-refractivity contribution >= 4 is 26.8 Å². The molecule has 3 N–H and O–H groups in total. The highest BCUT2D eigenvalue weighted by Crippen LogP contribution is 2.39. The second-order valence-corrected chi connectivity index (χ2v) is 9.70. The number of benzene rings is 2. The number of H-pyrrole nitrogens is 1. The van der Waals surface area contributed by atoms with Gasteiger partial charge in [0.15, 0.2) is 0 Å². The molecule has 1 unspecified atom stereocenters. The van der Waals surface area contributed by atoms with E-state index in [1.165, 1.54) is 23.1 Å². The van der Waals surface area contributed by atoms with Crippen LogP contribution in [0.25, 0.3) is 10.9 Å². The molecule has 7 heteroatoms. The second-order valence-electron chi connectivity index (χ2n) is 8.79. The summed E-state index contributed by atoms with van der Waals surface area (Å²) in [6.07, 6.45) is 6.08. The van der Waals surface area contributed by atoms with Gasteiger partial charge in [-0.15, -0.1) is 0 Å². The largest absolute Gasteiger partial charge is 0.497 e. The number of ether oxygens (including phenoxy) is 2. The molecule has 2 aromatic carbocycles. The maximum Gasteiger partial charge on any atom is 0.130 e. The van der Waals surface area contributed by atoms with Crippen molar-refractivity contribution in [2.45, 2.75) is 45.3 Å². The number of aromatic nitrogens is 2. The molecule has 0 spiro atoms. The third-order valence-corrected chi connectivity index (χ3v) is 6.80. The van der Waals surface area contributed by atoms with Gasteiger partial charge in [-0.3, -0.25) is 4.98 Å². The number of hydrogen-bond donors (Lipinski definition) is 3. The third-order valence-electron chi connectivity index (χ3n) is 6.30. The Labute approximate surface area is 221 Å². The van der Waals surface area contributed by atoms with Crippen molar-refractivity contribution in [2.24, 2.45) is 0 Å². The van der Waals surface area contributed by atoms with Gasteiger partial charge in [-0.2, -0.15) is 0 Å². The number of rotatable bonds is 8. The van der Waals surface area contributed by atoms with Gasteiger partial charge in [0.1, 0.15) is 18.1 Å². The first-order valence-corrected chi connectivity index (χ1v) is 13.3. The Kier molecular flexibility index (Phi) is 9.39. The molecule has 36 heavy (non-hydrogen) atoms. The van der Waals surface area contributed by atoms with E-state index in [1.54, 1.807) is 13.3 Å². The number of nitrogens with one attached hydrogen (secondary N) is 2. The van der Waals surface area contributed by atoms with Crippen molar-refractivity contribution in [3.05, 3.63) is 87.8 Å². The van der Waals surface area contributed by atoms with Crippen LogP contribution in [0.4, 0.5) is 0 Å². The molecule has 4 aromatic rings. The summed E-state index contributed by atoms with van der Waals surface area (Å²) in [4.78, 5) is 8.00. The van der Waals surface area contributed by atoms with Gasteiger partial charge in [-0.25, -0.2) is 0 Å². The number of methoxy groups -OCH3 is 1. The maximum atomic E-state index is 8.20. The van der Waals surface area contributed by atoms with Crippen LogP contribution in [0.3, 0.4) is 0 Å². The Bertz CT molecular complexity index is 1260. The van der Waals surface area contributed by atoms with E-state index >= 15 is 0 Å². The van der Waals surface area contributed by atoms with Crippen LogP contribution in [-0.2, 0) is 13.0 Å². The number of fused-ring (bicyclic) bond motifs is 3. The SMILES string of the molecule is CCCCCO.COc1ccc2[nH]c3c(c2c1)CCNC3c1cc(Br)ccc1OCc1ccccn1. The van der Waals surface area contributed by atoms with Crippen LogP contribution in [0.5, 0.6) is 11.5 Å². The van der Waals surface area contributed by atoms with Crippen LogP contribution in [0.1, 0.15) is 54.7 Å². The Hall–Kier alpha value is -2.87. The van der Waals surface area contributed by atoms with E-state index < -0.39 is 0 Å². The molecule has 1 atom stereocenters. The quantitative estimate of drug-likeness (QED) is 0.223. The van der Waals surface area contributed by atoms with E-state index in [9.17, 15) is 0 Å². The van der Waals surface area contributed by atoms with Crippen LogP contribution in [-0.4, -0.2) is 35.3 Å². The Morgan fingerprint density at radius 1 is 1.11 bits per heavy atom. The summed E-state index contributed by atoms with van der Waals surface area (Å²) in [5.74, 6) is 1.73. The lowest BCUT2D eigenvalue weighted by atomic mass is 9.94. The Balaban J connectivity index is 0.000000455. The van der Waals surface area contributed by atoms with Crippen LogP contribution in [0.15, 0.2) is 65.3 Å². The number of pyridine rings is 1. The first-order valence-electron chi connectivity index (χ1n) is 12.5. The minimum atomic E-state index is 0.0170. The molecule has 190 valence electrons. The van der Waals surface area contributed by atoms with Gasteiger partial charge in [-0.05, 0) is 66.9 Å². The summed E-state index contributed by atoms with van der Waals surface area (Å²) >= 11 is 3.63. The van der Waals surface area contributed by atoms with E-state index in [1.807, 2.05) is 36.4 Å². The molecule has 1 aliphatic rings.